The van der Waals surface area contributed by atoms with Gasteiger partial charge in [-0.05, 0) is 58.4 Å². The van der Waals surface area contributed by atoms with Crippen LogP contribution in [0.15, 0.2) is 59.3 Å². The molecule has 128 valence electrons. The maximum absolute atomic E-state index is 12.4. The Morgan fingerprint density at radius 1 is 1.28 bits per heavy atom. The first-order chi connectivity index (χ1) is 12.1. The molecule has 3 aromatic rings. The number of hydrogen-bond acceptors (Lipinski definition) is 3. The highest BCUT2D eigenvalue weighted by molar-refractivity contribution is 9.10. The standard InChI is InChI=1S/C18H15BrClN3O2/c1-25-15-6-7-17(19)16(8-15)18(24)21-9-12-10-22-23(11-12)14-4-2-13(20)3-5-14/h2-8,10-11H,9H2,1H3,(H,21,24). The summed E-state index contributed by atoms with van der Waals surface area (Å²) in [4.78, 5) is 12.4. The number of rotatable bonds is 5. The van der Waals surface area contributed by atoms with Gasteiger partial charge in [-0.25, -0.2) is 4.68 Å². The molecule has 0 bridgehead atoms. The quantitative estimate of drug-likeness (QED) is 0.672. The van der Waals surface area contributed by atoms with Gasteiger partial charge in [-0.2, -0.15) is 5.10 Å². The van der Waals surface area contributed by atoms with Crippen LogP contribution in [0.25, 0.3) is 5.69 Å². The van der Waals surface area contributed by atoms with Crippen LogP contribution in [-0.2, 0) is 6.54 Å². The highest BCUT2D eigenvalue weighted by Gasteiger charge is 2.11. The van der Waals surface area contributed by atoms with Crippen molar-refractivity contribution in [2.24, 2.45) is 0 Å². The first-order valence-corrected chi connectivity index (χ1v) is 8.65. The van der Waals surface area contributed by atoms with Crippen LogP contribution in [0.4, 0.5) is 0 Å². The van der Waals surface area contributed by atoms with Crippen molar-refractivity contribution in [2.75, 3.05) is 7.11 Å². The van der Waals surface area contributed by atoms with E-state index in [4.69, 9.17) is 16.3 Å². The van der Waals surface area contributed by atoms with Gasteiger partial charge in [-0.1, -0.05) is 11.6 Å². The number of amides is 1. The first kappa shape index (κ1) is 17.5. The van der Waals surface area contributed by atoms with Gasteiger partial charge in [0.15, 0.2) is 0 Å². The molecule has 5 nitrogen and oxygen atoms in total. The maximum atomic E-state index is 12.4. The lowest BCUT2D eigenvalue weighted by molar-refractivity contribution is 0.0950. The lowest BCUT2D eigenvalue weighted by Crippen LogP contribution is -2.23. The average Bonchev–Trinajstić information content (AvgIpc) is 3.09. The monoisotopic (exact) mass is 419 g/mol. The Labute approximate surface area is 158 Å². The summed E-state index contributed by atoms with van der Waals surface area (Å²) in [6.45, 7) is 0.371. The summed E-state index contributed by atoms with van der Waals surface area (Å²) in [5.74, 6) is 0.439. The van der Waals surface area contributed by atoms with E-state index in [0.717, 1.165) is 11.3 Å². The predicted molar refractivity (Wildman–Crippen MR) is 100 cm³/mol. The summed E-state index contributed by atoms with van der Waals surface area (Å²) >= 11 is 9.27. The summed E-state index contributed by atoms with van der Waals surface area (Å²) in [5.41, 5.74) is 2.31. The fourth-order valence-corrected chi connectivity index (χ4v) is 2.82. The number of methoxy groups -OCH3 is 1. The largest absolute Gasteiger partial charge is 0.497 e. The number of carbonyl (C=O) groups is 1. The molecule has 0 aliphatic carbocycles. The molecule has 0 spiro atoms. The Morgan fingerprint density at radius 3 is 2.76 bits per heavy atom. The SMILES string of the molecule is COc1ccc(Br)c(C(=O)NCc2cnn(-c3ccc(Cl)cc3)c2)c1. The molecule has 1 aromatic heterocycles. The molecule has 25 heavy (non-hydrogen) atoms. The molecule has 2 aromatic carbocycles. The lowest BCUT2D eigenvalue weighted by atomic mass is 10.2. The average molecular weight is 421 g/mol. The Hall–Kier alpha value is -2.31. The van der Waals surface area contributed by atoms with Gasteiger partial charge in [-0.15, -0.1) is 0 Å². The van der Waals surface area contributed by atoms with Gasteiger partial charge in [-0.3, -0.25) is 4.79 Å². The molecule has 1 amide bonds. The summed E-state index contributed by atoms with van der Waals surface area (Å²) in [5, 5.41) is 7.86. The minimum Gasteiger partial charge on any atom is -0.497 e. The van der Waals surface area contributed by atoms with Gasteiger partial charge in [0.25, 0.3) is 5.91 Å². The van der Waals surface area contributed by atoms with Crippen molar-refractivity contribution < 1.29 is 9.53 Å². The molecule has 1 N–H and O–H groups in total. The van der Waals surface area contributed by atoms with Crippen LogP contribution >= 0.6 is 27.5 Å². The highest BCUT2D eigenvalue weighted by Crippen LogP contribution is 2.22. The number of nitrogens with zero attached hydrogens (tertiary/aromatic N) is 2. The second-order valence-corrected chi connectivity index (χ2v) is 6.59. The van der Waals surface area contributed by atoms with Gasteiger partial charge >= 0.3 is 0 Å². The minimum atomic E-state index is -0.190. The molecule has 0 atom stereocenters. The van der Waals surface area contributed by atoms with Crippen LogP contribution < -0.4 is 10.1 Å². The van der Waals surface area contributed by atoms with Crippen molar-refractivity contribution in [3.8, 4) is 11.4 Å². The fraction of sp³-hybridized carbons (Fsp3) is 0.111. The number of halogens is 2. The number of hydrogen-bond donors (Lipinski definition) is 1. The van der Waals surface area contributed by atoms with Gasteiger partial charge in [0.1, 0.15) is 5.75 Å². The summed E-state index contributed by atoms with van der Waals surface area (Å²) in [6, 6.07) is 12.6. The molecule has 1 heterocycles. The van der Waals surface area contributed by atoms with E-state index in [2.05, 4.69) is 26.3 Å². The molecular weight excluding hydrogens is 406 g/mol. The Balaban J connectivity index is 1.68. The second kappa shape index (κ2) is 7.72. The third-order valence-electron chi connectivity index (χ3n) is 3.60. The van der Waals surface area contributed by atoms with Crippen molar-refractivity contribution in [2.45, 2.75) is 6.54 Å². The van der Waals surface area contributed by atoms with E-state index < -0.39 is 0 Å². The van der Waals surface area contributed by atoms with Gasteiger partial charge in [0, 0.05) is 27.8 Å². The highest BCUT2D eigenvalue weighted by atomic mass is 79.9. The molecule has 0 saturated carbocycles. The molecule has 3 rings (SSSR count). The fourth-order valence-electron chi connectivity index (χ4n) is 2.27. The zero-order valence-corrected chi connectivity index (χ0v) is 15.7. The van der Waals surface area contributed by atoms with E-state index in [9.17, 15) is 4.79 Å². The van der Waals surface area contributed by atoms with E-state index in [0.29, 0.717) is 27.4 Å². The topological polar surface area (TPSA) is 56.1 Å². The van der Waals surface area contributed by atoms with Crippen LogP contribution in [0.1, 0.15) is 15.9 Å². The molecular formula is C18H15BrClN3O2. The number of nitrogens with one attached hydrogen (secondary N) is 1. The van der Waals surface area contributed by atoms with Crippen molar-refractivity contribution in [1.29, 1.82) is 0 Å². The van der Waals surface area contributed by atoms with Crippen LogP contribution in [-0.4, -0.2) is 22.8 Å². The predicted octanol–water partition coefficient (Wildman–Crippen LogP) is 4.23. The number of carbonyl (C=O) groups excluding carboxylic acids is 1. The zero-order chi connectivity index (χ0) is 17.8. The van der Waals surface area contributed by atoms with Crippen LogP contribution in [0, 0.1) is 0 Å². The van der Waals surface area contributed by atoms with Crippen molar-refractivity contribution >= 4 is 33.4 Å². The van der Waals surface area contributed by atoms with Crippen molar-refractivity contribution in [3.63, 3.8) is 0 Å². The first-order valence-electron chi connectivity index (χ1n) is 7.48. The van der Waals surface area contributed by atoms with Gasteiger partial charge < -0.3 is 10.1 Å². The zero-order valence-electron chi connectivity index (χ0n) is 13.4. The van der Waals surface area contributed by atoms with Gasteiger partial charge in [0.05, 0.1) is 24.6 Å². The Morgan fingerprint density at radius 2 is 2.04 bits per heavy atom. The third-order valence-corrected chi connectivity index (χ3v) is 4.54. The molecule has 0 fully saturated rings. The molecule has 7 heteroatoms. The van der Waals surface area contributed by atoms with E-state index in [1.807, 2.05) is 18.3 Å². The van der Waals surface area contributed by atoms with Crippen LogP contribution in [0.2, 0.25) is 5.02 Å². The number of benzene rings is 2. The molecule has 0 aliphatic heterocycles. The molecule has 0 saturated heterocycles. The summed E-state index contributed by atoms with van der Waals surface area (Å²) < 4.78 is 7.61. The Bertz CT molecular complexity index is 894. The Kier molecular flexibility index (Phi) is 5.40. The number of ether oxygens (including phenoxy) is 1. The molecule has 0 unspecified atom stereocenters. The maximum Gasteiger partial charge on any atom is 0.252 e. The normalized spacial score (nSPS) is 10.5. The van der Waals surface area contributed by atoms with E-state index >= 15 is 0 Å². The van der Waals surface area contributed by atoms with Crippen LogP contribution in [0.3, 0.4) is 0 Å². The van der Waals surface area contributed by atoms with Crippen molar-refractivity contribution in [1.82, 2.24) is 15.1 Å². The molecule has 0 radical (unpaired) electrons. The molecule has 0 aliphatic rings. The van der Waals surface area contributed by atoms with E-state index in [1.54, 1.807) is 48.3 Å². The smallest absolute Gasteiger partial charge is 0.252 e. The van der Waals surface area contributed by atoms with Crippen LogP contribution in [0.5, 0.6) is 5.75 Å². The summed E-state index contributed by atoms with van der Waals surface area (Å²) in [7, 11) is 1.57. The second-order valence-electron chi connectivity index (χ2n) is 5.30. The summed E-state index contributed by atoms with van der Waals surface area (Å²) in [6.07, 6.45) is 3.58. The lowest BCUT2D eigenvalue weighted by Gasteiger charge is -2.08. The minimum absolute atomic E-state index is 0.190. The van der Waals surface area contributed by atoms with Crippen molar-refractivity contribution in [3.05, 3.63) is 75.5 Å². The number of aromatic nitrogens is 2. The third kappa shape index (κ3) is 4.21. The van der Waals surface area contributed by atoms with Gasteiger partial charge in [0.2, 0.25) is 0 Å². The van der Waals surface area contributed by atoms with E-state index in [-0.39, 0.29) is 5.91 Å². The van der Waals surface area contributed by atoms with E-state index in [1.165, 1.54) is 0 Å².